The van der Waals surface area contributed by atoms with E-state index in [2.05, 4.69) is 25.4 Å². The van der Waals surface area contributed by atoms with Crippen LogP contribution < -0.4 is 11.1 Å². The van der Waals surface area contributed by atoms with Crippen molar-refractivity contribution in [1.29, 1.82) is 0 Å². The highest BCUT2D eigenvalue weighted by Crippen LogP contribution is 2.15. The highest BCUT2D eigenvalue weighted by molar-refractivity contribution is 5.68. The summed E-state index contributed by atoms with van der Waals surface area (Å²) in [6.45, 7) is 7.10. The lowest BCUT2D eigenvalue weighted by molar-refractivity contribution is 0.0505. The van der Waals surface area contributed by atoms with Gasteiger partial charge in [-0.25, -0.2) is 14.8 Å². The number of ether oxygens (including phenoxy) is 1. The Morgan fingerprint density at radius 1 is 1.36 bits per heavy atom. The van der Waals surface area contributed by atoms with Gasteiger partial charge in [0, 0.05) is 12.4 Å². The second-order valence-corrected chi connectivity index (χ2v) is 5.66. The van der Waals surface area contributed by atoms with Gasteiger partial charge >= 0.3 is 6.09 Å². The van der Waals surface area contributed by atoms with Crippen LogP contribution in [-0.2, 0) is 4.74 Å². The summed E-state index contributed by atoms with van der Waals surface area (Å²) >= 11 is 0. The van der Waals surface area contributed by atoms with Crippen LogP contribution in [0, 0.1) is 0 Å². The molecule has 0 spiro atoms. The maximum Gasteiger partial charge on any atom is 0.408 e. The Morgan fingerprint density at radius 3 is 2.59 bits per heavy atom. The molecule has 0 bridgehead atoms. The van der Waals surface area contributed by atoms with Crippen LogP contribution in [0.15, 0.2) is 18.5 Å². The van der Waals surface area contributed by atoms with E-state index in [9.17, 15) is 4.79 Å². The number of anilines is 1. The minimum Gasteiger partial charge on any atom is -0.444 e. The number of hydrogen-bond acceptors (Lipinski definition) is 7. The quantitative estimate of drug-likeness (QED) is 0.874. The van der Waals surface area contributed by atoms with Crippen LogP contribution in [0.2, 0.25) is 0 Å². The van der Waals surface area contributed by atoms with Crippen LogP contribution in [0.3, 0.4) is 0 Å². The van der Waals surface area contributed by atoms with Crippen LogP contribution in [0.1, 0.15) is 39.6 Å². The van der Waals surface area contributed by atoms with E-state index in [0.29, 0.717) is 11.8 Å². The Morgan fingerprint density at radius 2 is 2.00 bits per heavy atom. The fourth-order valence-electron chi connectivity index (χ4n) is 1.72. The van der Waals surface area contributed by atoms with Crippen molar-refractivity contribution in [3.05, 3.63) is 24.3 Å². The first-order valence-corrected chi connectivity index (χ1v) is 6.75. The van der Waals surface area contributed by atoms with Gasteiger partial charge in [0.25, 0.3) is 5.95 Å². The van der Waals surface area contributed by atoms with Crippen LogP contribution >= 0.6 is 0 Å². The highest BCUT2D eigenvalue weighted by atomic mass is 16.6. The molecule has 9 heteroatoms. The van der Waals surface area contributed by atoms with Gasteiger partial charge in [-0.2, -0.15) is 9.67 Å². The number of amides is 1. The lowest BCUT2D eigenvalue weighted by Gasteiger charge is -2.21. The largest absolute Gasteiger partial charge is 0.444 e. The molecule has 0 aliphatic heterocycles. The van der Waals surface area contributed by atoms with E-state index in [1.165, 1.54) is 4.68 Å². The van der Waals surface area contributed by atoms with Crippen molar-refractivity contribution in [3.8, 4) is 5.95 Å². The van der Waals surface area contributed by atoms with Gasteiger partial charge in [0.1, 0.15) is 5.60 Å². The maximum atomic E-state index is 11.8. The Hall–Kier alpha value is -2.71. The Labute approximate surface area is 127 Å². The molecule has 2 aromatic heterocycles. The zero-order valence-electron chi connectivity index (χ0n) is 12.9. The van der Waals surface area contributed by atoms with Crippen molar-refractivity contribution in [2.45, 2.75) is 39.3 Å². The molecule has 2 heterocycles. The molecule has 1 atom stereocenters. The first-order valence-electron chi connectivity index (χ1n) is 6.75. The summed E-state index contributed by atoms with van der Waals surface area (Å²) < 4.78 is 6.60. The molecule has 22 heavy (non-hydrogen) atoms. The van der Waals surface area contributed by atoms with E-state index < -0.39 is 17.7 Å². The number of nitrogens with one attached hydrogen (secondary N) is 1. The van der Waals surface area contributed by atoms with Crippen LogP contribution in [0.4, 0.5) is 10.7 Å². The molecule has 3 N–H and O–H groups in total. The van der Waals surface area contributed by atoms with Gasteiger partial charge < -0.3 is 15.8 Å². The van der Waals surface area contributed by atoms with Crippen molar-refractivity contribution in [3.63, 3.8) is 0 Å². The van der Waals surface area contributed by atoms with Gasteiger partial charge in [0.05, 0.1) is 6.04 Å². The monoisotopic (exact) mass is 305 g/mol. The number of carbonyl (C=O) groups excluding carboxylic acids is 1. The summed E-state index contributed by atoms with van der Waals surface area (Å²) in [6.07, 6.45) is 2.61. The van der Waals surface area contributed by atoms with Crippen LogP contribution in [0.5, 0.6) is 0 Å². The minimum absolute atomic E-state index is 0.0697. The topological polar surface area (TPSA) is 121 Å². The summed E-state index contributed by atoms with van der Waals surface area (Å²) in [5, 5.41) is 6.73. The molecule has 1 unspecified atom stereocenters. The lowest BCUT2D eigenvalue weighted by Crippen LogP contribution is -2.35. The Kier molecular flexibility index (Phi) is 4.25. The predicted octanol–water partition coefficient (Wildman–Crippen LogP) is 1.23. The van der Waals surface area contributed by atoms with Crippen LogP contribution in [-0.4, -0.2) is 36.4 Å². The molecule has 0 saturated heterocycles. The standard InChI is InChI=1S/C13H19N7O2/c1-8(17-12(21)22-13(2,3)4)9-18-10(14)19-20(9)11-15-6-5-7-16-11/h5-8H,1-4H3,(H2,14,19)(H,17,21). The van der Waals surface area contributed by atoms with Crippen molar-refractivity contribution in [2.24, 2.45) is 0 Å². The van der Waals surface area contributed by atoms with Crippen molar-refractivity contribution in [2.75, 3.05) is 5.73 Å². The zero-order valence-corrected chi connectivity index (χ0v) is 12.9. The first kappa shape index (κ1) is 15.7. The highest BCUT2D eigenvalue weighted by Gasteiger charge is 2.22. The molecular formula is C13H19N7O2. The number of rotatable bonds is 3. The number of carbonyl (C=O) groups is 1. The smallest absolute Gasteiger partial charge is 0.408 e. The summed E-state index contributed by atoms with van der Waals surface area (Å²) in [7, 11) is 0. The third-order valence-corrected chi connectivity index (χ3v) is 2.51. The molecule has 118 valence electrons. The third kappa shape index (κ3) is 3.90. The third-order valence-electron chi connectivity index (χ3n) is 2.51. The maximum absolute atomic E-state index is 11.8. The molecule has 2 rings (SSSR count). The van der Waals surface area contributed by atoms with Crippen molar-refractivity contribution < 1.29 is 9.53 Å². The number of nitrogens with two attached hydrogens (primary N) is 1. The van der Waals surface area contributed by atoms with Crippen molar-refractivity contribution in [1.82, 2.24) is 30.0 Å². The summed E-state index contributed by atoms with van der Waals surface area (Å²) in [5.74, 6) is 0.800. The molecule has 0 aliphatic carbocycles. The average Bonchev–Trinajstić information content (AvgIpc) is 2.79. The first-order chi connectivity index (χ1) is 10.3. The minimum atomic E-state index is -0.584. The number of aromatic nitrogens is 5. The second kappa shape index (κ2) is 5.96. The molecule has 9 nitrogen and oxygen atoms in total. The Balaban J connectivity index is 2.20. The van der Waals surface area contributed by atoms with Gasteiger partial charge in [-0.15, -0.1) is 5.10 Å². The number of nitrogens with zero attached hydrogens (tertiary/aromatic N) is 5. The van der Waals surface area contributed by atoms with Gasteiger partial charge in [-0.1, -0.05) is 0 Å². The van der Waals surface area contributed by atoms with Crippen LogP contribution in [0.25, 0.3) is 5.95 Å². The SMILES string of the molecule is CC(NC(=O)OC(C)(C)C)c1nc(N)nn1-c1ncccn1. The van der Waals surface area contributed by atoms with E-state index in [1.807, 2.05) is 0 Å². The molecule has 0 aromatic carbocycles. The Bertz CT molecular complexity index is 648. The number of alkyl carbamates (subject to hydrolysis) is 1. The fourth-order valence-corrected chi connectivity index (χ4v) is 1.72. The molecule has 1 amide bonds. The summed E-state index contributed by atoms with van der Waals surface area (Å²) in [5.41, 5.74) is 5.06. The van der Waals surface area contributed by atoms with E-state index in [-0.39, 0.29) is 5.95 Å². The second-order valence-electron chi connectivity index (χ2n) is 5.66. The lowest BCUT2D eigenvalue weighted by atomic mass is 10.2. The van der Waals surface area contributed by atoms with E-state index in [1.54, 1.807) is 46.2 Å². The van der Waals surface area contributed by atoms with Gasteiger partial charge in [-0.05, 0) is 33.8 Å². The molecule has 0 radical (unpaired) electrons. The average molecular weight is 305 g/mol. The van der Waals surface area contributed by atoms with Gasteiger partial charge in [-0.3, -0.25) is 0 Å². The predicted molar refractivity (Wildman–Crippen MR) is 79.1 cm³/mol. The molecule has 2 aromatic rings. The fraction of sp³-hybridized carbons (Fsp3) is 0.462. The molecule has 0 fully saturated rings. The molecule has 0 aliphatic rings. The van der Waals surface area contributed by atoms with E-state index in [0.717, 1.165) is 0 Å². The number of nitrogen functional groups attached to an aromatic ring is 1. The summed E-state index contributed by atoms with van der Waals surface area (Å²) in [6, 6.07) is 1.20. The van der Waals surface area contributed by atoms with E-state index >= 15 is 0 Å². The molecular weight excluding hydrogens is 286 g/mol. The molecule has 0 saturated carbocycles. The zero-order chi connectivity index (χ0) is 16.3. The normalized spacial score (nSPS) is 12.7. The number of hydrogen-bond donors (Lipinski definition) is 2. The van der Waals surface area contributed by atoms with Gasteiger partial charge in [0.15, 0.2) is 5.82 Å². The van der Waals surface area contributed by atoms with Gasteiger partial charge in [0.2, 0.25) is 5.95 Å². The van der Waals surface area contributed by atoms with E-state index in [4.69, 9.17) is 10.5 Å². The van der Waals surface area contributed by atoms with Crippen molar-refractivity contribution >= 4 is 12.0 Å². The summed E-state index contributed by atoms with van der Waals surface area (Å²) in [4.78, 5) is 24.1.